The van der Waals surface area contributed by atoms with Crippen LogP contribution in [0.15, 0.2) is 46.4 Å². The van der Waals surface area contributed by atoms with Crippen LogP contribution < -0.4 is 11.1 Å². The number of carbonyl (C=O) groups excluding carboxylic acids is 2. The second-order valence-electron chi connectivity index (χ2n) is 8.05. The largest absolute Gasteiger partial charge is 0.457 e. The molecule has 9 nitrogen and oxygen atoms in total. The van der Waals surface area contributed by atoms with E-state index in [1.54, 1.807) is 18.2 Å². The molecule has 0 aliphatic heterocycles. The van der Waals surface area contributed by atoms with Crippen LogP contribution in [0.5, 0.6) is 0 Å². The maximum absolute atomic E-state index is 12.8. The Bertz CT molecular complexity index is 1380. The van der Waals surface area contributed by atoms with Crippen LogP contribution >= 0.6 is 11.3 Å². The van der Waals surface area contributed by atoms with E-state index in [9.17, 15) is 25.0 Å². The molecule has 4 rings (SSSR count). The summed E-state index contributed by atoms with van der Waals surface area (Å²) in [5, 5.41) is 23.6. The summed E-state index contributed by atoms with van der Waals surface area (Å²) >= 11 is 1.31. The van der Waals surface area contributed by atoms with Gasteiger partial charge in [0.1, 0.15) is 28.2 Å². The predicted molar refractivity (Wildman–Crippen MR) is 127 cm³/mol. The topological polar surface area (TPSA) is 152 Å². The van der Waals surface area contributed by atoms with Gasteiger partial charge in [-0.05, 0) is 42.9 Å². The van der Waals surface area contributed by atoms with Crippen molar-refractivity contribution in [3.63, 3.8) is 0 Å². The molecule has 172 valence electrons. The molecule has 1 aliphatic rings. The van der Waals surface area contributed by atoms with Crippen molar-refractivity contribution in [2.45, 2.75) is 26.2 Å². The van der Waals surface area contributed by atoms with E-state index >= 15 is 0 Å². The Kier molecular flexibility index (Phi) is 6.30. The van der Waals surface area contributed by atoms with Gasteiger partial charge in [0.15, 0.2) is 0 Å². The number of nitriles is 1. The number of nitro groups is 1. The molecule has 0 unspecified atom stereocenters. The molecule has 0 saturated heterocycles. The number of non-ortho nitro benzene ring substituents is 1. The molecule has 1 atom stereocenters. The van der Waals surface area contributed by atoms with Crippen LogP contribution in [0.4, 0.5) is 10.7 Å². The standard InChI is InChI=1S/C24H20N4O5S/c1-13-5-7-18-20(9-13)34-24(21(18)22(26)29)27-23(30)15(12-25)11-17-6-8-19(33-17)14-3-2-4-16(10-14)28(31)32/h2-4,6,8,10-11,13H,5,7,9H2,1H3,(H2,26,29)(H,27,30)/b15-11+/t13-/m1/s1. The Morgan fingerprint density at radius 2 is 2.15 bits per heavy atom. The summed E-state index contributed by atoms with van der Waals surface area (Å²) in [6.45, 7) is 2.13. The highest BCUT2D eigenvalue weighted by atomic mass is 32.1. The van der Waals surface area contributed by atoms with Crippen molar-refractivity contribution in [2.24, 2.45) is 11.7 Å². The van der Waals surface area contributed by atoms with Crippen LogP contribution in [0.3, 0.4) is 0 Å². The maximum Gasteiger partial charge on any atom is 0.270 e. The first-order valence-electron chi connectivity index (χ1n) is 10.5. The van der Waals surface area contributed by atoms with Gasteiger partial charge in [-0.3, -0.25) is 19.7 Å². The Balaban J connectivity index is 1.58. The van der Waals surface area contributed by atoms with Gasteiger partial charge in [0, 0.05) is 28.6 Å². The number of anilines is 1. The van der Waals surface area contributed by atoms with Crippen molar-refractivity contribution in [1.29, 1.82) is 5.26 Å². The first-order chi connectivity index (χ1) is 16.3. The van der Waals surface area contributed by atoms with Crippen molar-refractivity contribution in [3.05, 3.63) is 73.8 Å². The van der Waals surface area contributed by atoms with E-state index in [-0.39, 0.29) is 17.0 Å². The van der Waals surface area contributed by atoms with E-state index in [1.165, 1.54) is 35.6 Å². The lowest BCUT2D eigenvalue weighted by atomic mass is 9.88. The summed E-state index contributed by atoms with van der Waals surface area (Å²) in [4.78, 5) is 36.4. The summed E-state index contributed by atoms with van der Waals surface area (Å²) < 4.78 is 5.68. The SMILES string of the molecule is C[C@@H]1CCc2c(sc(NC(=O)/C(C#N)=C/c3ccc(-c4cccc([N+](=O)[O-])c4)o3)c2C(N)=O)C1. The van der Waals surface area contributed by atoms with Crippen molar-refractivity contribution in [1.82, 2.24) is 0 Å². The van der Waals surface area contributed by atoms with Crippen LogP contribution in [0.2, 0.25) is 0 Å². The summed E-state index contributed by atoms with van der Waals surface area (Å²) in [7, 11) is 0. The number of nitro benzene ring substituents is 1. The van der Waals surface area contributed by atoms with Crippen molar-refractivity contribution in [2.75, 3.05) is 5.32 Å². The number of thiophene rings is 1. The highest BCUT2D eigenvalue weighted by Crippen LogP contribution is 2.39. The number of benzene rings is 1. The zero-order chi connectivity index (χ0) is 24.4. The molecule has 1 aromatic carbocycles. The number of nitrogens with one attached hydrogen (secondary N) is 1. The highest BCUT2D eigenvalue weighted by molar-refractivity contribution is 7.17. The smallest absolute Gasteiger partial charge is 0.270 e. The summed E-state index contributed by atoms with van der Waals surface area (Å²) in [6, 6.07) is 10.9. The van der Waals surface area contributed by atoms with Crippen molar-refractivity contribution in [3.8, 4) is 17.4 Å². The summed E-state index contributed by atoms with van der Waals surface area (Å²) in [5.74, 6) is -0.252. The first kappa shape index (κ1) is 22.9. The number of carbonyl (C=O) groups is 2. The number of nitrogens with zero attached hydrogens (tertiary/aromatic N) is 2. The number of furan rings is 1. The van der Waals surface area contributed by atoms with Crippen molar-refractivity contribution >= 4 is 39.9 Å². The predicted octanol–water partition coefficient (Wildman–Crippen LogP) is 4.69. The fourth-order valence-electron chi connectivity index (χ4n) is 3.92. The Hall–Kier alpha value is -4.23. The average Bonchev–Trinajstić information content (AvgIpc) is 3.41. The third-order valence-electron chi connectivity index (χ3n) is 5.61. The molecular formula is C24H20N4O5S. The lowest BCUT2D eigenvalue weighted by molar-refractivity contribution is -0.384. The summed E-state index contributed by atoms with van der Waals surface area (Å²) in [5.41, 5.74) is 6.96. The monoisotopic (exact) mass is 476 g/mol. The minimum absolute atomic E-state index is 0.0821. The van der Waals surface area contributed by atoms with Gasteiger partial charge >= 0.3 is 0 Å². The number of hydrogen-bond acceptors (Lipinski definition) is 7. The van der Waals surface area contributed by atoms with E-state index in [0.29, 0.717) is 27.8 Å². The van der Waals surface area contributed by atoms with Crippen LogP contribution in [-0.2, 0) is 17.6 Å². The molecule has 0 fully saturated rings. The van der Waals surface area contributed by atoms with Crippen LogP contribution in [-0.4, -0.2) is 16.7 Å². The average molecular weight is 477 g/mol. The van der Waals surface area contributed by atoms with Crippen LogP contribution in [0, 0.1) is 27.4 Å². The zero-order valence-electron chi connectivity index (χ0n) is 18.2. The van der Waals surface area contributed by atoms with E-state index in [0.717, 1.165) is 29.7 Å². The first-order valence-corrected chi connectivity index (χ1v) is 11.3. The minimum atomic E-state index is -0.690. The highest BCUT2D eigenvalue weighted by Gasteiger charge is 2.27. The van der Waals surface area contributed by atoms with Gasteiger partial charge in [0.2, 0.25) is 0 Å². The molecular weight excluding hydrogens is 456 g/mol. The summed E-state index contributed by atoms with van der Waals surface area (Å²) in [6.07, 6.45) is 3.74. The lowest BCUT2D eigenvalue weighted by Gasteiger charge is -2.18. The van der Waals surface area contributed by atoms with Gasteiger partial charge in [0.25, 0.3) is 17.5 Å². The Morgan fingerprint density at radius 1 is 1.35 bits per heavy atom. The fraction of sp³-hybridized carbons (Fsp3) is 0.208. The zero-order valence-corrected chi connectivity index (χ0v) is 19.0. The number of hydrogen-bond donors (Lipinski definition) is 2. The van der Waals surface area contributed by atoms with Crippen LogP contribution in [0.1, 0.15) is 39.9 Å². The van der Waals surface area contributed by atoms with E-state index < -0.39 is 16.7 Å². The molecule has 10 heteroatoms. The molecule has 0 radical (unpaired) electrons. The molecule has 34 heavy (non-hydrogen) atoms. The van der Waals surface area contributed by atoms with Crippen molar-refractivity contribution < 1.29 is 18.9 Å². The molecule has 2 aromatic heterocycles. The third-order valence-corrected chi connectivity index (χ3v) is 6.77. The number of rotatable bonds is 6. The van der Waals surface area contributed by atoms with Gasteiger partial charge in [0.05, 0.1) is 10.5 Å². The number of nitrogens with two attached hydrogens (primary N) is 1. The second-order valence-corrected chi connectivity index (χ2v) is 9.16. The van der Waals surface area contributed by atoms with Gasteiger partial charge in [-0.25, -0.2) is 0 Å². The maximum atomic E-state index is 12.8. The molecule has 3 aromatic rings. The van der Waals surface area contributed by atoms with E-state index in [2.05, 4.69) is 12.2 Å². The molecule has 0 saturated carbocycles. The van der Waals surface area contributed by atoms with Gasteiger partial charge < -0.3 is 15.5 Å². The Labute approximate surface area is 198 Å². The van der Waals surface area contributed by atoms with E-state index in [1.807, 2.05) is 6.07 Å². The quantitative estimate of drug-likeness (QED) is 0.228. The van der Waals surface area contributed by atoms with E-state index in [4.69, 9.17) is 10.2 Å². The molecule has 2 heterocycles. The Morgan fingerprint density at radius 3 is 2.85 bits per heavy atom. The number of fused-ring (bicyclic) bond motifs is 1. The van der Waals surface area contributed by atoms with Gasteiger partial charge in [-0.2, -0.15) is 5.26 Å². The minimum Gasteiger partial charge on any atom is -0.457 e. The lowest BCUT2D eigenvalue weighted by Crippen LogP contribution is -2.19. The normalized spacial score (nSPS) is 15.3. The molecule has 0 spiro atoms. The van der Waals surface area contributed by atoms with Crippen LogP contribution in [0.25, 0.3) is 17.4 Å². The fourth-order valence-corrected chi connectivity index (χ4v) is 5.33. The third kappa shape index (κ3) is 4.60. The van der Waals surface area contributed by atoms with Gasteiger partial charge in [-0.15, -0.1) is 11.3 Å². The molecule has 2 amide bonds. The molecule has 0 bridgehead atoms. The molecule has 3 N–H and O–H groups in total. The van der Waals surface area contributed by atoms with Gasteiger partial charge in [-0.1, -0.05) is 19.1 Å². The second kappa shape index (κ2) is 9.33. The number of primary amides is 1. The molecule has 1 aliphatic carbocycles. The number of amides is 2.